The highest BCUT2D eigenvalue weighted by atomic mass is 35.5. The Labute approximate surface area is 187 Å². The van der Waals surface area contributed by atoms with E-state index in [0.717, 1.165) is 38.2 Å². The minimum absolute atomic E-state index is 0.229. The number of pyridine rings is 2. The average Bonchev–Trinajstić information content (AvgIpc) is 3.16. The zero-order chi connectivity index (χ0) is 22.4. The van der Waals surface area contributed by atoms with Gasteiger partial charge in [-0.05, 0) is 45.0 Å². The van der Waals surface area contributed by atoms with Crippen molar-refractivity contribution in [1.29, 1.82) is 0 Å². The van der Waals surface area contributed by atoms with E-state index in [9.17, 15) is 9.59 Å². The molecule has 0 atom stereocenters. The summed E-state index contributed by atoms with van der Waals surface area (Å²) in [5.74, 6) is -0.393. The van der Waals surface area contributed by atoms with Crippen molar-refractivity contribution in [2.24, 2.45) is 0 Å². The number of hydrogen-bond donors (Lipinski definition) is 0. The minimum Gasteiger partial charge on any atom is -0.443 e. The van der Waals surface area contributed by atoms with Gasteiger partial charge in [-0.1, -0.05) is 17.7 Å². The number of carbonyl (C=O) groups excluding carboxylic acids is 2. The van der Waals surface area contributed by atoms with Crippen molar-refractivity contribution in [3.63, 3.8) is 0 Å². The Balaban J connectivity index is 1.71. The molecule has 0 spiro atoms. The van der Waals surface area contributed by atoms with E-state index in [0.29, 0.717) is 22.7 Å². The molecule has 32 heavy (non-hydrogen) atoms. The Bertz CT molecular complexity index is 1600. The molecular formula is C24H19ClN4O3. The van der Waals surface area contributed by atoms with E-state index >= 15 is 0 Å². The van der Waals surface area contributed by atoms with Gasteiger partial charge in [0.2, 0.25) is 0 Å². The maximum Gasteiger partial charge on any atom is 0.417 e. The molecule has 1 aliphatic rings. The smallest absolute Gasteiger partial charge is 0.417 e. The second kappa shape index (κ2) is 6.29. The maximum atomic E-state index is 13.7. The predicted molar refractivity (Wildman–Crippen MR) is 123 cm³/mol. The Kier molecular flexibility index (Phi) is 3.79. The number of halogens is 1. The third-order valence-corrected chi connectivity index (χ3v) is 6.10. The van der Waals surface area contributed by atoms with Crippen LogP contribution in [0.1, 0.15) is 36.8 Å². The second-order valence-corrected chi connectivity index (χ2v) is 9.54. The van der Waals surface area contributed by atoms with Gasteiger partial charge in [-0.25, -0.2) is 14.7 Å². The highest BCUT2D eigenvalue weighted by Crippen LogP contribution is 2.40. The first kappa shape index (κ1) is 19.3. The lowest BCUT2D eigenvalue weighted by Gasteiger charge is -2.30. The third-order valence-electron chi connectivity index (χ3n) is 5.87. The van der Waals surface area contributed by atoms with Gasteiger partial charge in [-0.15, -0.1) is 0 Å². The summed E-state index contributed by atoms with van der Waals surface area (Å²) < 4.78 is 7.48. The normalized spacial score (nSPS) is 14.8. The van der Waals surface area contributed by atoms with Crippen molar-refractivity contribution >= 4 is 61.8 Å². The first-order valence-electron chi connectivity index (χ1n) is 10.4. The fraction of sp³-hybridized carbons (Fsp3) is 0.250. The van der Waals surface area contributed by atoms with Crippen LogP contribution in [0.2, 0.25) is 5.02 Å². The van der Waals surface area contributed by atoms with Gasteiger partial charge in [0.15, 0.2) is 0 Å². The molecule has 0 aliphatic carbocycles. The van der Waals surface area contributed by atoms with Gasteiger partial charge in [0.05, 0.1) is 33.3 Å². The van der Waals surface area contributed by atoms with Crippen LogP contribution in [0.5, 0.6) is 0 Å². The number of amides is 2. The van der Waals surface area contributed by atoms with Crippen LogP contribution in [0.15, 0.2) is 36.7 Å². The molecule has 4 heterocycles. The highest BCUT2D eigenvalue weighted by Gasteiger charge is 2.36. The first-order chi connectivity index (χ1) is 15.2. The number of aromatic nitrogens is 3. The molecule has 8 heteroatoms. The molecule has 0 unspecified atom stereocenters. The lowest BCUT2D eigenvalue weighted by molar-refractivity contribution is 0.0233. The van der Waals surface area contributed by atoms with Gasteiger partial charge >= 0.3 is 6.09 Å². The van der Waals surface area contributed by atoms with E-state index in [1.54, 1.807) is 33.2 Å². The van der Waals surface area contributed by atoms with E-state index in [1.165, 1.54) is 4.90 Å². The summed E-state index contributed by atoms with van der Waals surface area (Å²) in [6, 6.07) is 9.45. The van der Waals surface area contributed by atoms with Crippen LogP contribution in [-0.2, 0) is 11.2 Å². The number of imide groups is 1. The Morgan fingerprint density at radius 3 is 2.69 bits per heavy atom. The number of imidazole rings is 1. The zero-order valence-corrected chi connectivity index (χ0v) is 18.5. The van der Waals surface area contributed by atoms with Gasteiger partial charge in [0.25, 0.3) is 5.91 Å². The largest absolute Gasteiger partial charge is 0.443 e. The first-order valence-corrected chi connectivity index (χ1v) is 10.8. The van der Waals surface area contributed by atoms with Crippen LogP contribution in [-0.4, -0.2) is 43.4 Å². The van der Waals surface area contributed by atoms with Crippen molar-refractivity contribution in [2.45, 2.75) is 32.8 Å². The Morgan fingerprint density at radius 1 is 1.12 bits per heavy atom. The Hall–Kier alpha value is -3.45. The molecule has 1 aliphatic heterocycles. The maximum absolute atomic E-state index is 13.7. The Morgan fingerprint density at radius 2 is 1.91 bits per heavy atom. The van der Waals surface area contributed by atoms with Gasteiger partial charge in [0, 0.05) is 34.1 Å². The van der Waals surface area contributed by atoms with Crippen LogP contribution < -0.4 is 0 Å². The summed E-state index contributed by atoms with van der Waals surface area (Å²) in [5.41, 5.74) is 3.75. The van der Waals surface area contributed by atoms with Crippen LogP contribution in [0, 0.1) is 0 Å². The van der Waals surface area contributed by atoms with E-state index in [1.807, 2.05) is 28.7 Å². The quantitative estimate of drug-likeness (QED) is 0.241. The van der Waals surface area contributed by atoms with Crippen LogP contribution in [0.4, 0.5) is 4.79 Å². The molecule has 5 aromatic rings. The van der Waals surface area contributed by atoms with Crippen LogP contribution >= 0.6 is 11.6 Å². The summed E-state index contributed by atoms with van der Waals surface area (Å²) in [7, 11) is 0. The lowest BCUT2D eigenvalue weighted by Crippen LogP contribution is -2.45. The van der Waals surface area contributed by atoms with Crippen LogP contribution in [0.25, 0.3) is 38.2 Å². The number of rotatable bonds is 0. The van der Waals surface area contributed by atoms with E-state index in [4.69, 9.17) is 21.3 Å². The third kappa shape index (κ3) is 2.61. The fourth-order valence-electron chi connectivity index (χ4n) is 4.63. The summed E-state index contributed by atoms with van der Waals surface area (Å²) in [6.07, 6.45) is 1.58. The number of carbonyl (C=O) groups is 2. The topological polar surface area (TPSA) is 76.8 Å². The summed E-state index contributed by atoms with van der Waals surface area (Å²) in [6.45, 7) is 5.57. The molecule has 0 bridgehead atoms. The molecule has 0 saturated carbocycles. The van der Waals surface area contributed by atoms with Gasteiger partial charge in [0.1, 0.15) is 11.9 Å². The van der Waals surface area contributed by atoms with Gasteiger partial charge in [-0.2, -0.15) is 0 Å². The van der Waals surface area contributed by atoms with Gasteiger partial charge in [-0.3, -0.25) is 14.2 Å². The second-order valence-electron chi connectivity index (χ2n) is 9.10. The van der Waals surface area contributed by atoms with Crippen LogP contribution in [0.3, 0.4) is 0 Å². The molecule has 0 N–H and O–H groups in total. The summed E-state index contributed by atoms with van der Waals surface area (Å²) in [5, 5.41) is 3.07. The van der Waals surface area contributed by atoms with Crippen molar-refractivity contribution in [1.82, 2.24) is 19.3 Å². The molecule has 0 radical (unpaired) electrons. The number of hydrogen-bond acceptors (Lipinski definition) is 5. The minimum atomic E-state index is -0.699. The molecular weight excluding hydrogens is 428 g/mol. The number of nitrogens with zero attached hydrogens (tertiary/aromatic N) is 4. The molecule has 2 aromatic carbocycles. The van der Waals surface area contributed by atoms with E-state index in [-0.39, 0.29) is 6.54 Å². The SMILES string of the molecule is CC(C)(C)OC(=O)N1CCc2nc3ccc4ncn5c6cc(Cl)ccc6c(c2C1=O)c3c45. The fourth-order valence-corrected chi connectivity index (χ4v) is 4.80. The van der Waals surface area contributed by atoms with Crippen molar-refractivity contribution in [3.8, 4) is 0 Å². The van der Waals surface area contributed by atoms with Crippen molar-refractivity contribution in [3.05, 3.63) is 52.9 Å². The number of ether oxygens (including phenoxy) is 1. The van der Waals surface area contributed by atoms with E-state index in [2.05, 4.69) is 4.98 Å². The zero-order valence-electron chi connectivity index (χ0n) is 17.8. The van der Waals surface area contributed by atoms with E-state index < -0.39 is 17.6 Å². The standard InChI is InChI=1S/C24H19ClN4O3/c1-24(2,3)32-23(31)28-9-8-15-20(22(28)30)18-13-5-4-12(25)10-17(13)29-11-26-16-7-6-14(27-15)19(18)21(16)29/h4-7,10-11H,8-9H2,1-3H3. The molecule has 7 nitrogen and oxygen atoms in total. The number of benzene rings is 2. The molecule has 3 aromatic heterocycles. The highest BCUT2D eigenvalue weighted by molar-refractivity contribution is 6.33. The predicted octanol–water partition coefficient (Wildman–Crippen LogP) is 5.21. The molecule has 2 amide bonds. The van der Waals surface area contributed by atoms with Gasteiger partial charge < -0.3 is 4.74 Å². The monoisotopic (exact) mass is 446 g/mol. The number of fused-ring (bicyclic) bond motifs is 5. The summed E-state index contributed by atoms with van der Waals surface area (Å²) in [4.78, 5) is 37.0. The molecule has 0 fully saturated rings. The average molecular weight is 447 g/mol. The molecule has 0 saturated heterocycles. The van der Waals surface area contributed by atoms with Crippen molar-refractivity contribution < 1.29 is 14.3 Å². The molecule has 6 rings (SSSR count). The molecule has 160 valence electrons. The van der Waals surface area contributed by atoms with Crippen molar-refractivity contribution in [2.75, 3.05) is 6.54 Å². The summed E-state index contributed by atoms with van der Waals surface area (Å²) >= 11 is 6.32. The lowest BCUT2D eigenvalue weighted by atomic mass is 9.93.